The molecule has 0 radical (unpaired) electrons. The highest BCUT2D eigenvalue weighted by Gasteiger charge is 2.40. The molecule has 0 aliphatic carbocycles. The number of hydrogen-bond donors (Lipinski definition) is 1. The first-order valence-electron chi connectivity index (χ1n) is 12.4. The van der Waals surface area contributed by atoms with Gasteiger partial charge in [-0.1, -0.05) is 74.8 Å². The van der Waals surface area contributed by atoms with Crippen molar-refractivity contribution in [1.29, 1.82) is 0 Å². The molecule has 1 N–H and O–H groups in total. The van der Waals surface area contributed by atoms with Crippen molar-refractivity contribution in [3.8, 4) is 0 Å². The summed E-state index contributed by atoms with van der Waals surface area (Å²) in [5, 5.41) is 4.17. The zero-order chi connectivity index (χ0) is 23.4. The number of carbonyl (C=O) groups is 1. The van der Waals surface area contributed by atoms with E-state index in [2.05, 4.69) is 78.4 Å². The quantitative estimate of drug-likeness (QED) is 0.641. The van der Waals surface area contributed by atoms with Gasteiger partial charge in [0.05, 0.1) is 6.04 Å². The Morgan fingerprint density at radius 2 is 1.64 bits per heavy atom. The molecule has 2 aliphatic heterocycles. The second-order valence-corrected chi connectivity index (χ2v) is 11.2. The molecule has 2 aliphatic rings. The van der Waals surface area contributed by atoms with Gasteiger partial charge in [0.1, 0.15) is 0 Å². The van der Waals surface area contributed by atoms with Crippen molar-refractivity contribution in [2.45, 2.75) is 52.1 Å². The Morgan fingerprint density at radius 3 is 2.27 bits per heavy atom. The highest BCUT2D eigenvalue weighted by Crippen LogP contribution is 2.36. The first-order chi connectivity index (χ1) is 15.8. The molecule has 33 heavy (non-hydrogen) atoms. The Hall–Kier alpha value is -1.88. The molecular weight excluding hydrogens is 430 g/mol. The maximum absolute atomic E-state index is 13.4. The monoisotopic (exact) mass is 467 g/mol. The summed E-state index contributed by atoms with van der Waals surface area (Å²) in [6, 6.07) is 19.3. The number of nitrogens with zero attached hydrogens (tertiary/aromatic N) is 2. The first kappa shape index (κ1) is 24.3. The Kier molecular flexibility index (Phi) is 7.78. The Balaban J connectivity index is 1.57. The summed E-state index contributed by atoms with van der Waals surface area (Å²) >= 11 is 6.20. The average Bonchev–Trinajstić information content (AvgIpc) is 2.81. The number of piperazine rings is 1. The molecule has 0 spiro atoms. The number of piperidine rings is 1. The van der Waals surface area contributed by atoms with Crippen molar-refractivity contribution in [2.75, 3.05) is 32.7 Å². The number of amides is 1. The maximum atomic E-state index is 13.4. The van der Waals surface area contributed by atoms with E-state index in [4.69, 9.17) is 11.6 Å². The van der Waals surface area contributed by atoms with Gasteiger partial charge in [-0.25, -0.2) is 0 Å². The van der Waals surface area contributed by atoms with Crippen LogP contribution < -0.4 is 5.32 Å². The SMILES string of the molecule is CC(C)(C)C1CN(C(c2ccccc2)c2ccc(Cl)cc2)CCN1C(=O)CC1CCNCC1. The molecule has 2 unspecified atom stereocenters. The van der Waals surface area contributed by atoms with E-state index in [1.54, 1.807) is 0 Å². The van der Waals surface area contributed by atoms with Crippen LogP contribution in [0, 0.1) is 11.3 Å². The minimum atomic E-state index is 0.00366. The van der Waals surface area contributed by atoms with Crippen molar-refractivity contribution in [3.63, 3.8) is 0 Å². The zero-order valence-corrected chi connectivity index (χ0v) is 21.0. The number of rotatable bonds is 5. The van der Waals surface area contributed by atoms with Crippen LogP contribution in [-0.4, -0.2) is 54.5 Å². The van der Waals surface area contributed by atoms with Gasteiger partial charge in [-0.3, -0.25) is 9.69 Å². The van der Waals surface area contributed by atoms with Gasteiger partial charge in [0.2, 0.25) is 5.91 Å². The van der Waals surface area contributed by atoms with E-state index < -0.39 is 0 Å². The van der Waals surface area contributed by atoms with Crippen molar-refractivity contribution in [2.24, 2.45) is 11.3 Å². The van der Waals surface area contributed by atoms with Crippen LogP contribution in [0.1, 0.15) is 57.2 Å². The molecule has 4 rings (SSSR count). The first-order valence-corrected chi connectivity index (χ1v) is 12.8. The van der Waals surface area contributed by atoms with Crippen molar-refractivity contribution >= 4 is 17.5 Å². The van der Waals surface area contributed by atoms with E-state index in [-0.39, 0.29) is 17.5 Å². The van der Waals surface area contributed by atoms with E-state index >= 15 is 0 Å². The maximum Gasteiger partial charge on any atom is 0.223 e. The minimum Gasteiger partial charge on any atom is -0.337 e. The fourth-order valence-electron chi connectivity index (χ4n) is 5.42. The van der Waals surface area contributed by atoms with Crippen LogP contribution in [0.2, 0.25) is 5.02 Å². The molecule has 0 aromatic heterocycles. The van der Waals surface area contributed by atoms with Crippen molar-refractivity contribution in [3.05, 3.63) is 70.7 Å². The molecular formula is C28H38ClN3O. The molecule has 0 saturated carbocycles. The number of nitrogens with one attached hydrogen (secondary N) is 1. The molecule has 2 saturated heterocycles. The lowest BCUT2D eigenvalue weighted by molar-refractivity contribution is -0.141. The summed E-state index contributed by atoms with van der Waals surface area (Å²) in [6.45, 7) is 11.4. The lowest BCUT2D eigenvalue weighted by Gasteiger charge is -2.49. The third-order valence-electron chi connectivity index (χ3n) is 7.32. The van der Waals surface area contributed by atoms with Gasteiger partial charge in [-0.05, 0) is 60.5 Å². The van der Waals surface area contributed by atoms with Gasteiger partial charge in [0, 0.05) is 37.1 Å². The lowest BCUT2D eigenvalue weighted by Crippen LogP contribution is -2.60. The molecule has 2 aromatic rings. The Bertz CT molecular complexity index is 903. The molecule has 2 aromatic carbocycles. The average molecular weight is 468 g/mol. The molecule has 2 fully saturated rings. The minimum absolute atomic E-state index is 0.00366. The highest BCUT2D eigenvalue weighted by atomic mass is 35.5. The van der Waals surface area contributed by atoms with Gasteiger partial charge >= 0.3 is 0 Å². The number of hydrogen-bond acceptors (Lipinski definition) is 3. The number of halogens is 1. The zero-order valence-electron chi connectivity index (χ0n) is 20.3. The van der Waals surface area contributed by atoms with Gasteiger partial charge in [0.15, 0.2) is 0 Å². The largest absolute Gasteiger partial charge is 0.337 e. The number of benzene rings is 2. The molecule has 178 valence electrons. The molecule has 4 nitrogen and oxygen atoms in total. The van der Waals surface area contributed by atoms with E-state index in [0.717, 1.165) is 50.6 Å². The predicted octanol–water partition coefficient (Wildman–Crippen LogP) is 5.38. The Morgan fingerprint density at radius 1 is 1.00 bits per heavy atom. The summed E-state index contributed by atoms with van der Waals surface area (Å²) in [5.74, 6) is 0.854. The topological polar surface area (TPSA) is 35.6 Å². The second kappa shape index (κ2) is 10.6. The van der Waals surface area contributed by atoms with E-state index in [1.807, 2.05) is 12.1 Å². The van der Waals surface area contributed by atoms with Crippen LogP contribution >= 0.6 is 11.6 Å². The summed E-state index contributed by atoms with van der Waals surface area (Å²) < 4.78 is 0. The van der Waals surface area contributed by atoms with Gasteiger partial charge in [-0.2, -0.15) is 0 Å². The summed E-state index contributed by atoms with van der Waals surface area (Å²) in [4.78, 5) is 18.2. The normalized spacial score (nSPS) is 21.7. The van der Waals surface area contributed by atoms with Gasteiger partial charge in [-0.15, -0.1) is 0 Å². The third-order valence-corrected chi connectivity index (χ3v) is 7.57. The van der Waals surface area contributed by atoms with Gasteiger partial charge in [0.25, 0.3) is 0 Å². The second-order valence-electron chi connectivity index (χ2n) is 10.7. The fourth-order valence-corrected chi connectivity index (χ4v) is 5.55. The summed E-state index contributed by atoms with van der Waals surface area (Å²) in [7, 11) is 0. The van der Waals surface area contributed by atoms with Crippen LogP contribution in [0.5, 0.6) is 0 Å². The summed E-state index contributed by atoms with van der Waals surface area (Å²) in [5.41, 5.74) is 2.53. The molecule has 2 atom stereocenters. The molecule has 2 heterocycles. The highest BCUT2D eigenvalue weighted by molar-refractivity contribution is 6.30. The molecule has 5 heteroatoms. The van der Waals surface area contributed by atoms with Crippen LogP contribution in [0.3, 0.4) is 0 Å². The van der Waals surface area contributed by atoms with E-state index in [0.29, 0.717) is 18.2 Å². The van der Waals surface area contributed by atoms with Crippen LogP contribution in [0.15, 0.2) is 54.6 Å². The van der Waals surface area contributed by atoms with Crippen LogP contribution in [0.25, 0.3) is 0 Å². The van der Waals surface area contributed by atoms with Crippen molar-refractivity contribution in [1.82, 2.24) is 15.1 Å². The molecule has 1 amide bonds. The Labute approximate surface area is 204 Å². The van der Waals surface area contributed by atoms with E-state index in [1.165, 1.54) is 11.1 Å². The van der Waals surface area contributed by atoms with Crippen LogP contribution in [0.4, 0.5) is 0 Å². The van der Waals surface area contributed by atoms with Gasteiger partial charge < -0.3 is 10.2 Å². The smallest absolute Gasteiger partial charge is 0.223 e. The third kappa shape index (κ3) is 5.98. The predicted molar refractivity (Wildman–Crippen MR) is 136 cm³/mol. The number of carbonyl (C=O) groups excluding carboxylic acids is 1. The standard InChI is InChI=1S/C28H38ClN3O/c1-28(2,3)25-20-31(17-18-32(25)26(33)19-21-13-15-30-16-14-21)27(22-7-5-4-6-8-22)23-9-11-24(29)12-10-23/h4-12,21,25,27,30H,13-20H2,1-3H3. The van der Waals surface area contributed by atoms with Crippen molar-refractivity contribution < 1.29 is 4.79 Å². The fraction of sp³-hybridized carbons (Fsp3) is 0.536. The summed E-state index contributed by atoms with van der Waals surface area (Å²) in [6.07, 6.45) is 2.91. The van der Waals surface area contributed by atoms with E-state index in [9.17, 15) is 4.79 Å². The van der Waals surface area contributed by atoms with Crippen LogP contribution in [-0.2, 0) is 4.79 Å². The molecule has 0 bridgehead atoms. The lowest BCUT2D eigenvalue weighted by atomic mass is 9.82.